The summed E-state index contributed by atoms with van der Waals surface area (Å²) >= 11 is 3.16. The first-order chi connectivity index (χ1) is 10.8. The molecule has 0 atom stereocenters. The van der Waals surface area contributed by atoms with Gasteiger partial charge in [0.1, 0.15) is 0 Å². The van der Waals surface area contributed by atoms with Gasteiger partial charge in [0.25, 0.3) is 21.6 Å². The number of benzene rings is 2. The molecule has 2 rings (SSSR count). The predicted molar refractivity (Wildman–Crippen MR) is 85.0 cm³/mol. The van der Waals surface area contributed by atoms with Crippen LogP contribution in [0.25, 0.3) is 0 Å². The molecule has 0 aliphatic carbocycles. The molecule has 10 heteroatoms. The number of nitro groups is 1. The number of amides is 1. The fourth-order valence-corrected chi connectivity index (χ4v) is 3.05. The zero-order chi connectivity index (χ0) is 17.0. The third-order valence-electron chi connectivity index (χ3n) is 2.75. The predicted octanol–water partition coefficient (Wildman–Crippen LogP) is 1.98. The van der Waals surface area contributed by atoms with Crippen molar-refractivity contribution in [3.8, 4) is 0 Å². The van der Waals surface area contributed by atoms with E-state index in [4.69, 9.17) is 0 Å². The van der Waals surface area contributed by atoms with Crippen molar-refractivity contribution < 1.29 is 18.1 Å². The van der Waals surface area contributed by atoms with Gasteiger partial charge in [0.2, 0.25) is 0 Å². The highest BCUT2D eigenvalue weighted by atomic mass is 79.9. The molecule has 0 saturated heterocycles. The Balaban J connectivity index is 2.07. The highest BCUT2D eigenvalue weighted by Crippen LogP contribution is 2.15. The molecule has 0 saturated carbocycles. The van der Waals surface area contributed by atoms with Crippen LogP contribution in [0, 0.1) is 10.1 Å². The number of hydrogen-bond acceptors (Lipinski definition) is 5. The summed E-state index contributed by atoms with van der Waals surface area (Å²) < 4.78 is 24.6. The quantitative estimate of drug-likeness (QED) is 0.588. The van der Waals surface area contributed by atoms with E-state index in [-0.39, 0.29) is 16.1 Å². The van der Waals surface area contributed by atoms with Crippen LogP contribution in [0.2, 0.25) is 0 Å². The number of nitro benzene ring substituents is 1. The van der Waals surface area contributed by atoms with Crippen molar-refractivity contribution >= 4 is 37.5 Å². The van der Waals surface area contributed by atoms with Gasteiger partial charge >= 0.3 is 0 Å². The lowest BCUT2D eigenvalue weighted by Gasteiger charge is -2.08. The molecule has 0 aromatic heterocycles. The number of hydrazine groups is 1. The Morgan fingerprint density at radius 3 is 2.35 bits per heavy atom. The van der Waals surface area contributed by atoms with Gasteiger partial charge in [-0.05, 0) is 30.3 Å². The van der Waals surface area contributed by atoms with Crippen molar-refractivity contribution in [2.45, 2.75) is 4.90 Å². The van der Waals surface area contributed by atoms with Crippen LogP contribution in [0.3, 0.4) is 0 Å². The Hall–Kier alpha value is -2.30. The van der Waals surface area contributed by atoms with Crippen LogP contribution < -0.4 is 10.3 Å². The summed E-state index contributed by atoms with van der Waals surface area (Å²) in [6.07, 6.45) is 0. The van der Waals surface area contributed by atoms with Crippen LogP contribution in [0.15, 0.2) is 57.9 Å². The van der Waals surface area contributed by atoms with Crippen molar-refractivity contribution in [1.29, 1.82) is 0 Å². The standard InChI is InChI=1S/C13H10BrN3O5S/c14-10-2-1-3-12(8-10)23(21,22)16-15-13(18)9-4-6-11(7-5-9)17(19)20/h1-8,16H,(H,15,18). The second-order valence-corrected chi connectivity index (χ2v) is 6.92. The van der Waals surface area contributed by atoms with E-state index >= 15 is 0 Å². The Labute approximate surface area is 139 Å². The number of rotatable bonds is 5. The normalized spacial score (nSPS) is 11.0. The maximum atomic E-state index is 12.0. The van der Waals surface area contributed by atoms with E-state index in [1.165, 1.54) is 30.3 Å². The lowest BCUT2D eigenvalue weighted by molar-refractivity contribution is -0.384. The van der Waals surface area contributed by atoms with E-state index in [0.717, 1.165) is 12.1 Å². The molecular weight excluding hydrogens is 390 g/mol. The monoisotopic (exact) mass is 399 g/mol. The highest BCUT2D eigenvalue weighted by Gasteiger charge is 2.16. The fraction of sp³-hybridized carbons (Fsp3) is 0. The third-order valence-corrected chi connectivity index (χ3v) is 4.48. The van der Waals surface area contributed by atoms with Gasteiger partial charge in [-0.1, -0.05) is 22.0 Å². The number of nitrogens with one attached hydrogen (secondary N) is 2. The van der Waals surface area contributed by atoms with E-state index in [2.05, 4.69) is 15.9 Å². The first-order valence-corrected chi connectivity index (χ1v) is 8.39. The van der Waals surface area contributed by atoms with E-state index in [1.807, 2.05) is 10.3 Å². The summed E-state index contributed by atoms with van der Waals surface area (Å²) in [5, 5.41) is 10.5. The number of hydrogen-bond donors (Lipinski definition) is 2. The van der Waals surface area contributed by atoms with Gasteiger partial charge in [-0.2, -0.15) is 0 Å². The Morgan fingerprint density at radius 1 is 1.13 bits per heavy atom. The summed E-state index contributed by atoms with van der Waals surface area (Å²) in [4.78, 5) is 23.7. The Morgan fingerprint density at radius 2 is 1.78 bits per heavy atom. The van der Waals surface area contributed by atoms with Gasteiger partial charge in [0, 0.05) is 22.2 Å². The average molecular weight is 400 g/mol. The van der Waals surface area contributed by atoms with Crippen molar-refractivity contribution in [2.24, 2.45) is 0 Å². The summed E-state index contributed by atoms with van der Waals surface area (Å²) in [5.41, 5.74) is 1.95. The van der Waals surface area contributed by atoms with E-state index in [9.17, 15) is 23.3 Å². The molecule has 120 valence electrons. The molecule has 0 aliphatic rings. The number of non-ortho nitro benzene ring substituents is 1. The summed E-state index contributed by atoms with van der Waals surface area (Å²) in [6.45, 7) is 0. The number of sulfonamides is 1. The van der Waals surface area contributed by atoms with Gasteiger partial charge in [0.15, 0.2) is 0 Å². The van der Waals surface area contributed by atoms with Crippen LogP contribution in [0.1, 0.15) is 10.4 Å². The minimum absolute atomic E-state index is 0.0316. The zero-order valence-electron chi connectivity index (χ0n) is 11.4. The minimum atomic E-state index is -3.93. The topological polar surface area (TPSA) is 118 Å². The molecule has 0 aliphatic heterocycles. The number of carbonyl (C=O) groups is 1. The fourth-order valence-electron chi connectivity index (χ4n) is 1.61. The molecule has 2 aromatic rings. The smallest absolute Gasteiger partial charge is 0.269 e. The number of nitrogens with zero attached hydrogens (tertiary/aromatic N) is 1. The summed E-state index contributed by atoms with van der Waals surface area (Å²) in [6, 6.07) is 10.7. The summed E-state index contributed by atoms with van der Waals surface area (Å²) in [5.74, 6) is -0.738. The van der Waals surface area contributed by atoms with Crippen molar-refractivity contribution in [1.82, 2.24) is 10.3 Å². The largest absolute Gasteiger partial charge is 0.273 e. The molecule has 0 spiro atoms. The minimum Gasteiger partial charge on any atom is -0.273 e. The van der Waals surface area contributed by atoms with Crippen LogP contribution in [0.4, 0.5) is 5.69 Å². The van der Waals surface area contributed by atoms with Gasteiger partial charge in [-0.25, -0.2) is 8.42 Å². The Bertz CT molecular complexity index is 852. The lowest BCUT2D eigenvalue weighted by atomic mass is 10.2. The van der Waals surface area contributed by atoms with Crippen molar-refractivity contribution in [3.63, 3.8) is 0 Å². The first kappa shape index (κ1) is 17.1. The average Bonchev–Trinajstić information content (AvgIpc) is 2.53. The second-order valence-electron chi connectivity index (χ2n) is 4.32. The summed E-state index contributed by atoms with van der Waals surface area (Å²) in [7, 11) is -3.93. The maximum Gasteiger partial charge on any atom is 0.269 e. The maximum absolute atomic E-state index is 12.0. The van der Waals surface area contributed by atoms with E-state index in [0.29, 0.717) is 4.47 Å². The molecule has 23 heavy (non-hydrogen) atoms. The third kappa shape index (κ3) is 4.34. The van der Waals surface area contributed by atoms with E-state index in [1.54, 1.807) is 6.07 Å². The molecule has 0 radical (unpaired) electrons. The molecule has 2 aromatic carbocycles. The van der Waals surface area contributed by atoms with Crippen LogP contribution in [-0.4, -0.2) is 19.2 Å². The van der Waals surface area contributed by atoms with Crippen LogP contribution in [-0.2, 0) is 10.0 Å². The SMILES string of the molecule is O=C(NNS(=O)(=O)c1cccc(Br)c1)c1ccc([N+](=O)[O-])cc1. The van der Waals surface area contributed by atoms with Gasteiger partial charge in [0.05, 0.1) is 9.82 Å². The van der Waals surface area contributed by atoms with E-state index < -0.39 is 20.9 Å². The number of halogens is 1. The van der Waals surface area contributed by atoms with Crippen molar-refractivity contribution in [2.75, 3.05) is 0 Å². The number of carbonyl (C=O) groups excluding carboxylic acids is 1. The Kier molecular flexibility index (Phi) is 5.08. The molecule has 2 N–H and O–H groups in total. The molecule has 1 amide bonds. The first-order valence-electron chi connectivity index (χ1n) is 6.12. The molecule has 0 bridgehead atoms. The second kappa shape index (κ2) is 6.86. The highest BCUT2D eigenvalue weighted by molar-refractivity contribution is 9.10. The zero-order valence-corrected chi connectivity index (χ0v) is 13.8. The molecular formula is C13H10BrN3O5S. The van der Waals surface area contributed by atoms with Gasteiger partial charge in [-0.3, -0.25) is 20.3 Å². The molecule has 0 unspecified atom stereocenters. The van der Waals surface area contributed by atoms with Crippen molar-refractivity contribution in [3.05, 3.63) is 68.7 Å². The van der Waals surface area contributed by atoms with Crippen LogP contribution in [0.5, 0.6) is 0 Å². The lowest BCUT2D eigenvalue weighted by Crippen LogP contribution is -2.41. The van der Waals surface area contributed by atoms with Gasteiger partial charge in [-0.15, -0.1) is 4.83 Å². The van der Waals surface area contributed by atoms with Gasteiger partial charge < -0.3 is 0 Å². The van der Waals surface area contributed by atoms with Crippen LogP contribution >= 0.6 is 15.9 Å². The molecule has 0 fully saturated rings. The molecule has 8 nitrogen and oxygen atoms in total. The molecule has 0 heterocycles.